The lowest BCUT2D eigenvalue weighted by atomic mass is 10.0. The lowest BCUT2D eigenvalue weighted by Crippen LogP contribution is -2.56. The molecule has 1 saturated heterocycles. The molecule has 0 aliphatic carbocycles. The van der Waals surface area contributed by atoms with Gasteiger partial charge in [-0.05, 0) is 0 Å². The van der Waals surface area contributed by atoms with E-state index in [1.54, 1.807) is 0 Å². The van der Waals surface area contributed by atoms with E-state index in [1.807, 2.05) is 0 Å². The highest BCUT2D eigenvalue weighted by Crippen LogP contribution is 2.22. The number of hydrogen-bond donors (Lipinski definition) is 5. The van der Waals surface area contributed by atoms with Crippen LogP contribution in [-0.4, -0.2) is 56.9 Å². The molecule has 12 heavy (non-hydrogen) atoms. The Bertz CT molecular complexity index is 150. The van der Waals surface area contributed by atoms with Crippen LogP contribution in [0, 0.1) is 0 Å². The lowest BCUT2D eigenvalue weighted by Gasteiger charge is -2.37. The summed E-state index contributed by atoms with van der Waals surface area (Å²) in [6, 6.07) is 0. The maximum atomic E-state index is 9.20. The molecule has 72 valence electrons. The van der Waals surface area contributed by atoms with Gasteiger partial charge < -0.3 is 25.2 Å². The first-order valence-corrected chi connectivity index (χ1v) is 4.08. The van der Waals surface area contributed by atoms with Gasteiger partial charge in [-0.25, -0.2) is 0 Å². The van der Waals surface area contributed by atoms with Gasteiger partial charge in [-0.15, -0.1) is 12.6 Å². The van der Waals surface area contributed by atoms with Crippen molar-refractivity contribution in [1.82, 2.24) is 0 Å². The third-order valence-corrected chi connectivity index (χ3v) is 2.29. The first kappa shape index (κ1) is 10.2. The maximum absolute atomic E-state index is 9.20. The van der Waals surface area contributed by atoms with Gasteiger partial charge in [0.05, 0.1) is 6.61 Å². The lowest BCUT2D eigenvalue weighted by molar-refractivity contribution is -0.205. The SMILES string of the molecule is OCC1OC(S)[C@H](O)C(O)C1O. The van der Waals surface area contributed by atoms with E-state index in [1.165, 1.54) is 0 Å². The summed E-state index contributed by atoms with van der Waals surface area (Å²) in [4.78, 5) is 0. The van der Waals surface area contributed by atoms with E-state index >= 15 is 0 Å². The van der Waals surface area contributed by atoms with Crippen molar-refractivity contribution < 1.29 is 25.2 Å². The zero-order chi connectivity index (χ0) is 9.30. The Morgan fingerprint density at radius 2 is 1.67 bits per heavy atom. The fraction of sp³-hybridized carbons (Fsp3) is 1.00. The Morgan fingerprint density at radius 1 is 1.08 bits per heavy atom. The summed E-state index contributed by atoms with van der Waals surface area (Å²) in [7, 11) is 0. The van der Waals surface area contributed by atoms with Crippen LogP contribution in [-0.2, 0) is 4.74 Å². The van der Waals surface area contributed by atoms with Crippen molar-refractivity contribution in [3.63, 3.8) is 0 Å². The van der Waals surface area contributed by atoms with Gasteiger partial charge in [0, 0.05) is 0 Å². The van der Waals surface area contributed by atoms with Crippen LogP contribution in [0.25, 0.3) is 0 Å². The molecule has 1 fully saturated rings. The fourth-order valence-electron chi connectivity index (χ4n) is 1.08. The molecule has 0 aromatic heterocycles. The summed E-state index contributed by atoms with van der Waals surface area (Å²) in [5, 5.41) is 36.2. The molecule has 1 aliphatic rings. The quantitative estimate of drug-likeness (QED) is 0.305. The van der Waals surface area contributed by atoms with Crippen molar-refractivity contribution in [2.24, 2.45) is 0 Å². The molecule has 4 N–H and O–H groups in total. The highest BCUT2D eigenvalue weighted by molar-refractivity contribution is 7.80. The molecule has 4 unspecified atom stereocenters. The topological polar surface area (TPSA) is 90.2 Å². The van der Waals surface area contributed by atoms with Crippen LogP contribution in [0.3, 0.4) is 0 Å². The molecule has 5 atom stereocenters. The third kappa shape index (κ3) is 1.73. The largest absolute Gasteiger partial charge is 0.394 e. The summed E-state index contributed by atoms with van der Waals surface area (Å²) < 4.78 is 4.88. The van der Waals surface area contributed by atoms with Gasteiger partial charge in [-0.1, -0.05) is 0 Å². The molecule has 0 spiro atoms. The van der Waals surface area contributed by atoms with E-state index in [-0.39, 0.29) is 0 Å². The summed E-state index contributed by atoms with van der Waals surface area (Å²) in [6.07, 6.45) is -4.70. The van der Waals surface area contributed by atoms with Gasteiger partial charge in [-0.3, -0.25) is 0 Å². The normalized spacial score (nSPS) is 49.2. The van der Waals surface area contributed by atoms with Gasteiger partial charge in [0.1, 0.15) is 29.9 Å². The highest BCUT2D eigenvalue weighted by atomic mass is 32.1. The van der Waals surface area contributed by atoms with E-state index in [0.29, 0.717) is 0 Å². The molecule has 0 radical (unpaired) electrons. The van der Waals surface area contributed by atoms with E-state index in [4.69, 9.17) is 14.9 Å². The summed E-state index contributed by atoms with van der Waals surface area (Å²) in [5.74, 6) is 0. The molecule has 5 nitrogen and oxygen atoms in total. The number of ether oxygens (including phenoxy) is 1. The zero-order valence-electron chi connectivity index (χ0n) is 6.24. The molecule has 0 bridgehead atoms. The minimum atomic E-state index is -1.32. The molecule has 1 aliphatic heterocycles. The minimum Gasteiger partial charge on any atom is -0.394 e. The molecule has 0 aromatic rings. The van der Waals surface area contributed by atoms with Crippen LogP contribution in [0.4, 0.5) is 0 Å². The predicted octanol–water partition coefficient (Wildman–Crippen LogP) is -2.28. The van der Waals surface area contributed by atoms with E-state index in [2.05, 4.69) is 12.6 Å². The maximum Gasteiger partial charge on any atom is 0.129 e. The Hall–Kier alpha value is 0.150. The molecule has 0 saturated carbocycles. The van der Waals surface area contributed by atoms with E-state index in [0.717, 1.165) is 0 Å². The van der Waals surface area contributed by atoms with Crippen molar-refractivity contribution in [2.45, 2.75) is 29.9 Å². The Balaban J connectivity index is 2.63. The van der Waals surface area contributed by atoms with Crippen molar-refractivity contribution in [2.75, 3.05) is 6.61 Å². The first-order chi connectivity index (χ1) is 5.57. The summed E-state index contributed by atoms with van der Waals surface area (Å²) >= 11 is 3.81. The van der Waals surface area contributed by atoms with Crippen LogP contribution in [0.2, 0.25) is 0 Å². The Kier molecular flexibility index (Phi) is 3.33. The number of rotatable bonds is 1. The van der Waals surface area contributed by atoms with Crippen LogP contribution in [0.5, 0.6) is 0 Å². The summed E-state index contributed by atoms with van der Waals surface area (Å²) in [5.41, 5.74) is -0.874. The number of thiol groups is 1. The van der Waals surface area contributed by atoms with E-state index < -0.39 is 36.5 Å². The third-order valence-electron chi connectivity index (χ3n) is 1.87. The molecular formula is C6H12O5S. The summed E-state index contributed by atoms with van der Waals surface area (Å²) in [6.45, 7) is -0.415. The standard InChI is InChI=1S/C6H12O5S/c7-1-2-3(8)4(9)5(10)6(12)11-2/h2-10,12H,1H2/t2?,3?,4?,5-,6?/m1/s1. The zero-order valence-corrected chi connectivity index (χ0v) is 7.13. The molecule has 6 heteroatoms. The second-order valence-electron chi connectivity index (χ2n) is 2.72. The fourth-order valence-corrected chi connectivity index (χ4v) is 1.41. The predicted molar refractivity (Wildman–Crippen MR) is 42.8 cm³/mol. The van der Waals surface area contributed by atoms with Crippen molar-refractivity contribution in [1.29, 1.82) is 0 Å². The first-order valence-electron chi connectivity index (χ1n) is 3.56. The van der Waals surface area contributed by atoms with Gasteiger partial charge >= 0.3 is 0 Å². The average molecular weight is 196 g/mol. The average Bonchev–Trinajstić information content (AvgIpc) is 2.08. The van der Waals surface area contributed by atoms with Gasteiger partial charge in [0.15, 0.2) is 0 Å². The Morgan fingerprint density at radius 3 is 2.17 bits per heavy atom. The Labute approximate surface area is 75.0 Å². The van der Waals surface area contributed by atoms with Crippen LogP contribution >= 0.6 is 12.6 Å². The number of hydrogen-bond acceptors (Lipinski definition) is 6. The van der Waals surface area contributed by atoms with Gasteiger partial charge in [0.25, 0.3) is 0 Å². The van der Waals surface area contributed by atoms with Crippen LogP contribution in [0.15, 0.2) is 0 Å². The van der Waals surface area contributed by atoms with Crippen molar-refractivity contribution in [3.05, 3.63) is 0 Å². The molecule has 0 amide bonds. The highest BCUT2D eigenvalue weighted by Gasteiger charge is 2.41. The molecule has 0 aromatic carbocycles. The number of aliphatic hydroxyl groups excluding tert-OH is 4. The van der Waals surface area contributed by atoms with Gasteiger partial charge in [-0.2, -0.15) is 0 Å². The monoisotopic (exact) mass is 196 g/mol. The smallest absolute Gasteiger partial charge is 0.129 e. The molecule has 1 rings (SSSR count). The van der Waals surface area contributed by atoms with Gasteiger partial charge in [0.2, 0.25) is 0 Å². The second-order valence-corrected chi connectivity index (χ2v) is 3.23. The van der Waals surface area contributed by atoms with Crippen LogP contribution < -0.4 is 0 Å². The van der Waals surface area contributed by atoms with Crippen molar-refractivity contribution in [3.8, 4) is 0 Å². The second kappa shape index (κ2) is 3.91. The van der Waals surface area contributed by atoms with Crippen LogP contribution in [0.1, 0.15) is 0 Å². The van der Waals surface area contributed by atoms with E-state index in [9.17, 15) is 10.2 Å². The molecular weight excluding hydrogens is 184 g/mol. The van der Waals surface area contributed by atoms with Crippen molar-refractivity contribution >= 4 is 12.6 Å². The molecule has 1 heterocycles. The minimum absolute atomic E-state index is 0.415. The number of aliphatic hydroxyl groups is 4.